The number of hydrogen-bond donors (Lipinski definition) is 0. The summed E-state index contributed by atoms with van der Waals surface area (Å²) in [7, 11) is 0. The van der Waals surface area contributed by atoms with Crippen LogP contribution in [-0.4, -0.2) is 35.6 Å². The van der Waals surface area contributed by atoms with E-state index in [9.17, 15) is 4.79 Å². The van der Waals surface area contributed by atoms with Gasteiger partial charge in [-0.3, -0.25) is 0 Å². The number of amides is 1. The van der Waals surface area contributed by atoms with Gasteiger partial charge < -0.3 is 14.5 Å². The van der Waals surface area contributed by atoms with Gasteiger partial charge in [0.15, 0.2) is 0 Å². The Morgan fingerprint density at radius 2 is 1.82 bits per heavy atom. The topological polar surface area (TPSA) is 45.7 Å². The summed E-state index contributed by atoms with van der Waals surface area (Å²) in [5.74, 6) is 1.07. The van der Waals surface area contributed by atoms with Crippen LogP contribution >= 0.6 is 0 Å². The number of anilines is 1. The molecule has 0 radical (unpaired) electrons. The van der Waals surface area contributed by atoms with Crippen molar-refractivity contribution in [3.8, 4) is 0 Å². The van der Waals surface area contributed by atoms with Gasteiger partial charge in [-0.25, -0.2) is 9.78 Å². The third-order valence-electron chi connectivity index (χ3n) is 5.84. The molecule has 1 aromatic heterocycles. The summed E-state index contributed by atoms with van der Waals surface area (Å²) in [6.45, 7) is 5.30. The zero-order valence-corrected chi connectivity index (χ0v) is 16.6. The molecule has 0 spiro atoms. The lowest BCUT2D eigenvalue weighted by molar-refractivity contribution is 0.0919. The summed E-state index contributed by atoms with van der Waals surface area (Å²) >= 11 is 0. The highest BCUT2D eigenvalue weighted by Gasteiger charge is 2.32. The molecule has 5 heteroatoms. The normalized spacial score (nSPS) is 19.7. The van der Waals surface area contributed by atoms with Crippen molar-refractivity contribution in [1.82, 2.24) is 9.88 Å². The number of likely N-dealkylation sites (tertiary alicyclic amines) is 1. The number of rotatable bonds is 4. The Labute approximate surface area is 167 Å². The Morgan fingerprint density at radius 3 is 2.57 bits per heavy atom. The lowest BCUT2D eigenvalue weighted by Crippen LogP contribution is -2.32. The number of pyridine rings is 1. The molecule has 2 fully saturated rings. The fourth-order valence-electron chi connectivity index (χ4n) is 4.32. The first kappa shape index (κ1) is 18.8. The standard InChI is InChI=1S/C23H29N3O2/c1-18-20(12-13-22(24-18)25-14-6-3-7-15-25)21-11-8-16-26(21)23(27)28-17-19-9-4-2-5-10-19/h2,4-5,9-10,12-13,21H,3,6-8,11,14-17H2,1H3/t21-/m0/s1. The van der Waals surface area contributed by atoms with Crippen LogP contribution in [0.1, 0.15) is 55.0 Å². The molecule has 0 saturated carbocycles. The van der Waals surface area contributed by atoms with Crippen molar-refractivity contribution in [1.29, 1.82) is 0 Å². The van der Waals surface area contributed by atoms with E-state index in [1.165, 1.54) is 19.3 Å². The van der Waals surface area contributed by atoms with Crippen LogP contribution in [0.5, 0.6) is 0 Å². The van der Waals surface area contributed by atoms with Gasteiger partial charge in [0, 0.05) is 25.3 Å². The van der Waals surface area contributed by atoms with Crippen molar-refractivity contribution in [3.63, 3.8) is 0 Å². The predicted molar refractivity (Wildman–Crippen MR) is 110 cm³/mol. The average molecular weight is 380 g/mol. The zero-order chi connectivity index (χ0) is 19.3. The first-order valence-corrected chi connectivity index (χ1v) is 10.4. The average Bonchev–Trinajstić information content (AvgIpc) is 3.23. The molecular formula is C23H29N3O2. The summed E-state index contributed by atoms with van der Waals surface area (Å²) in [4.78, 5) is 21.8. The minimum absolute atomic E-state index is 0.0613. The van der Waals surface area contributed by atoms with Crippen LogP contribution in [0.4, 0.5) is 10.6 Å². The second-order valence-corrected chi connectivity index (χ2v) is 7.78. The molecule has 2 aliphatic rings. The lowest BCUT2D eigenvalue weighted by Gasteiger charge is -2.29. The Balaban J connectivity index is 1.44. The molecule has 2 saturated heterocycles. The van der Waals surface area contributed by atoms with Crippen LogP contribution in [0.15, 0.2) is 42.5 Å². The zero-order valence-electron chi connectivity index (χ0n) is 16.6. The molecule has 4 rings (SSSR count). The van der Waals surface area contributed by atoms with Gasteiger partial charge in [0.1, 0.15) is 12.4 Å². The van der Waals surface area contributed by atoms with Gasteiger partial charge in [-0.2, -0.15) is 0 Å². The summed E-state index contributed by atoms with van der Waals surface area (Å²) in [6.07, 6.45) is 5.53. The number of aryl methyl sites for hydroxylation is 1. The minimum Gasteiger partial charge on any atom is -0.445 e. The highest BCUT2D eigenvalue weighted by molar-refractivity contribution is 5.69. The van der Waals surface area contributed by atoms with Crippen LogP contribution in [0.25, 0.3) is 0 Å². The maximum Gasteiger partial charge on any atom is 0.410 e. The van der Waals surface area contributed by atoms with Crippen molar-refractivity contribution in [2.75, 3.05) is 24.5 Å². The second-order valence-electron chi connectivity index (χ2n) is 7.78. The fraction of sp³-hybridized carbons (Fsp3) is 0.478. The number of benzene rings is 1. The molecule has 28 heavy (non-hydrogen) atoms. The second kappa shape index (κ2) is 8.63. The first-order chi connectivity index (χ1) is 13.7. The van der Waals surface area contributed by atoms with Crippen LogP contribution in [0.2, 0.25) is 0 Å². The van der Waals surface area contributed by atoms with Crippen LogP contribution in [0.3, 0.4) is 0 Å². The van der Waals surface area contributed by atoms with E-state index < -0.39 is 0 Å². The van der Waals surface area contributed by atoms with Gasteiger partial charge in [0.25, 0.3) is 0 Å². The van der Waals surface area contributed by atoms with Gasteiger partial charge in [-0.1, -0.05) is 36.4 Å². The highest BCUT2D eigenvalue weighted by Crippen LogP contribution is 2.34. The Hall–Kier alpha value is -2.56. The third kappa shape index (κ3) is 4.13. The maximum absolute atomic E-state index is 12.7. The van der Waals surface area contributed by atoms with E-state index >= 15 is 0 Å². The molecule has 5 nitrogen and oxygen atoms in total. The number of hydrogen-bond acceptors (Lipinski definition) is 4. The number of carbonyl (C=O) groups excluding carboxylic acids is 1. The Morgan fingerprint density at radius 1 is 1.04 bits per heavy atom. The summed E-state index contributed by atoms with van der Waals surface area (Å²) < 4.78 is 5.58. The Kier molecular flexibility index (Phi) is 5.79. The molecule has 2 aromatic rings. The molecule has 1 atom stereocenters. The number of aromatic nitrogens is 1. The molecule has 2 aliphatic heterocycles. The lowest BCUT2D eigenvalue weighted by atomic mass is 10.0. The van der Waals surface area contributed by atoms with Crippen molar-refractivity contribution >= 4 is 11.9 Å². The fourth-order valence-corrected chi connectivity index (χ4v) is 4.32. The molecule has 0 unspecified atom stereocenters. The number of nitrogens with zero attached hydrogens (tertiary/aromatic N) is 3. The molecule has 3 heterocycles. The molecule has 1 aromatic carbocycles. The monoisotopic (exact) mass is 379 g/mol. The van der Waals surface area contributed by atoms with Crippen LogP contribution in [0, 0.1) is 6.92 Å². The van der Waals surface area contributed by atoms with E-state index in [0.717, 1.165) is 55.1 Å². The Bertz CT molecular complexity index is 803. The molecule has 148 valence electrons. The quantitative estimate of drug-likeness (QED) is 0.761. The van der Waals surface area contributed by atoms with Crippen molar-refractivity contribution in [2.24, 2.45) is 0 Å². The SMILES string of the molecule is Cc1nc(N2CCCCC2)ccc1[C@@H]1CCCN1C(=O)OCc1ccccc1. The summed E-state index contributed by atoms with van der Waals surface area (Å²) in [5, 5.41) is 0. The smallest absolute Gasteiger partial charge is 0.410 e. The van der Waals surface area contributed by atoms with Gasteiger partial charge in [-0.15, -0.1) is 0 Å². The summed E-state index contributed by atoms with van der Waals surface area (Å²) in [5.41, 5.74) is 3.18. The number of piperidine rings is 1. The molecule has 0 aliphatic carbocycles. The van der Waals surface area contributed by atoms with Gasteiger partial charge in [-0.05, 0) is 56.2 Å². The van der Waals surface area contributed by atoms with E-state index in [1.54, 1.807) is 0 Å². The van der Waals surface area contributed by atoms with Crippen molar-refractivity contribution in [3.05, 3.63) is 59.3 Å². The van der Waals surface area contributed by atoms with Gasteiger partial charge in [0.2, 0.25) is 0 Å². The number of ether oxygens (including phenoxy) is 1. The van der Waals surface area contributed by atoms with Crippen molar-refractivity contribution < 1.29 is 9.53 Å². The first-order valence-electron chi connectivity index (χ1n) is 10.4. The van der Waals surface area contributed by atoms with Gasteiger partial charge >= 0.3 is 6.09 Å². The molecule has 0 bridgehead atoms. The van der Waals surface area contributed by atoms with E-state index in [2.05, 4.69) is 24.0 Å². The molecular weight excluding hydrogens is 350 g/mol. The van der Waals surface area contributed by atoms with Crippen LogP contribution < -0.4 is 4.90 Å². The van der Waals surface area contributed by atoms with E-state index in [1.807, 2.05) is 35.2 Å². The van der Waals surface area contributed by atoms with Gasteiger partial charge in [0.05, 0.1) is 6.04 Å². The van der Waals surface area contributed by atoms with E-state index in [-0.39, 0.29) is 12.1 Å². The maximum atomic E-state index is 12.7. The van der Waals surface area contributed by atoms with Crippen molar-refractivity contribution in [2.45, 2.75) is 51.7 Å². The largest absolute Gasteiger partial charge is 0.445 e. The third-order valence-corrected chi connectivity index (χ3v) is 5.84. The highest BCUT2D eigenvalue weighted by atomic mass is 16.6. The molecule has 0 N–H and O–H groups in total. The van der Waals surface area contributed by atoms with E-state index in [0.29, 0.717) is 6.61 Å². The number of carbonyl (C=O) groups is 1. The summed E-state index contributed by atoms with van der Waals surface area (Å²) in [6, 6.07) is 14.2. The molecule has 1 amide bonds. The predicted octanol–water partition coefficient (Wildman–Crippen LogP) is 4.85. The van der Waals surface area contributed by atoms with Crippen LogP contribution in [-0.2, 0) is 11.3 Å². The minimum atomic E-state index is -0.231. The van der Waals surface area contributed by atoms with E-state index in [4.69, 9.17) is 9.72 Å².